The van der Waals surface area contributed by atoms with E-state index in [-0.39, 0.29) is 5.91 Å². The molecular weight excluding hydrogens is 294 g/mol. The van der Waals surface area contributed by atoms with Gasteiger partial charge in [0.25, 0.3) is 0 Å². The zero-order valence-corrected chi connectivity index (χ0v) is 12.4. The predicted octanol–water partition coefficient (Wildman–Crippen LogP) is 1.51. The number of halogens is 1. The number of amides is 1. The van der Waals surface area contributed by atoms with Crippen LogP contribution in [0.25, 0.3) is 0 Å². The lowest BCUT2D eigenvalue weighted by atomic mass is 10.0. The van der Waals surface area contributed by atoms with Crippen LogP contribution in [-0.4, -0.2) is 54.4 Å². The third-order valence-corrected chi connectivity index (χ3v) is 4.13. The number of carbonyl (C=O) groups excluding carboxylic acids is 1. The van der Waals surface area contributed by atoms with Crippen LogP contribution in [0.5, 0.6) is 0 Å². The molecule has 1 amide bonds. The molecule has 3 rings (SSSR count). The van der Waals surface area contributed by atoms with Crippen LogP contribution in [0.1, 0.15) is 12.8 Å². The van der Waals surface area contributed by atoms with Gasteiger partial charge in [-0.3, -0.25) is 9.69 Å². The Morgan fingerprint density at radius 1 is 1.38 bits per heavy atom. The Kier molecular flexibility index (Phi) is 4.40. The third-order valence-electron chi connectivity index (χ3n) is 3.83. The average Bonchev–Trinajstić information content (AvgIpc) is 2.93. The Morgan fingerprint density at radius 2 is 2.10 bits per heavy atom. The van der Waals surface area contributed by atoms with Crippen molar-refractivity contribution in [3.05, 3.63) is 23.5 Å². The van der Waals surface area contributed by atoms with Gasteiger partial charge in [-0.2, -0.15) is 0 Å². The number of piperidine rings is 1. The molecule has 2 saturated heterocycles. The van der Waals surface area contributed by atoms with Gasteiger partial charge in [0.15, 0.2) is 10.9 Å². The van der Waals surface area contributed by atoms with E-state index in [1.165, 1.54) is 0 Å². The van der Waals surface area contributed by atoms with Gasteiger partial charge in [-0.05, 0) is 12.1 Å². The van der Waals surface area contributed by atoms with Crippen LogP contribution in [0.4, 0.5) is 5.69 Å². The second-order valence-electron chi connectivity index (χ2n) is 5.27. The molecule has 0 aromatic carbocycles. The van der Waals surface area contributed by atoms with Crippen molar-refractivity contribution in [3.63, 3.8) is 0 Å². The van der Waals surface area contributed by atoms with Gasteiger partial charge in [0, 0.05) is 32.1 Å². The molecule has 1 aromatic heterocycles. The molecule has 3 heterocycles. The van der Waals surface area contributed by atoms with Crippen molar-refractivity contribution in [1.29, 1.82) is 0 Å². The highest BCUT2D eigenvalue weighted by Crippen LogP contribution is 2.31. The number of likely N-dealkylation sites (tertiary alicyclic amines) is 1. The molecule has 2 aliphatic heterocycles. The fourth-order valence-corrected chi connectivity index (χ4v) is 2.88. The first-order valence-electron chi connectivity index (χ1n) is 7.08. The summed E-state index contributed by atoms with van der Waals surface area (Å²) in [7, 11) is 0. The van der Waals surface area contributed by atoms with Crippen LogP contribution >= 0.6 is 11.6 Å². The Balaban J connectivity index is 1.49. The fourth-order valence-electron chi connectivity index (χ4n) is 2.71. The number of pyridine rings is 1. The smallest absolute Gasteiger partial charge is 0.238 e. The number of carbonyl (C=O) groups is 1. The van der Waals surface area contributed by atoms with E-state index in [0.717, 1.165) is 25.9 Å². The number of anilines is 1. The van der Waals surface area contributed by atoms with Gasteiger partial charge >= 0.3 is 0 Å². The molecule has 6 nitrogen and oxygen atoms in total. The van der Waals surface area contributed by atoms with E-state index in [9.17, 15) is 4.79 Å². The molecule has 2 aliphatic rings. The number of hydrogen-bond donors (Lipinski definition) is 1. The quantitative estimate of drug-likeness (QED) is 0.857. The zero-order valence-electron chi connectivity index (χ0n) is 11.7. The molecule has 21 heavy (non-hydrogen) atoms. The highest BCUT2D eigenvalue weighted by Gasteiger charge is 2.39. The summed E-state index contributed by atoms with van der Waals surface area (Å²) in [5, 5.41) is 3.08. The molecule has 7 heteroatoms. The minimum absolute atomic E-state index is 0.0888. The van der Waals surface area contributed by atoms with Crippen LogP contribution < -0.4 is 5.32 Å². The van der Waals surface area contributed by atoms with Gasteiger partial charge in [-0.25, -0.2) is 4.98 Å². The minimum Gasteiger partial charge on any atom is -0.347 e. The van der Waals surface area contributed by atoms with Gasteiger partial charge < -0.3 is 14.8 Å². The van der Waals surface area contributed by atoms with Gasteiger partial charge in [0.2, 0.25) is 5.91 Å². The topological polar surface area (TPSA) is 63.7 Å². The molecular formula is C14H18ClN3O3. The molecule has 1 N–H and O–H groups in total. The Hall–Kier alpha value is -1.21. The summed E-state index contributed by atoms with van der Waals surface area (Å²) >= 11 is 5.92. The van der Waals surface area contributed by atoms with Crippen LogP contribution in [0, 0.1) is 0 Å². The number of nitrogens with zero attached hydrogens (tertiary/aromatic N) is 2. The maximum Gasteiger partial charge on any atom is 0.238 e. The SMILES string of the molecule is O=C(CN1CCC2(CC1)OCCO2)Nc1cccnc1Cl. The van der Waals surface area contributed by atoms with E-state index in [0.29, 0.717) is 30.6 Å². The van der Waals surface area contributed by atoms with Gasteiger partial charge in [-0.15, -0.1) is 0 Å². The van der Waals surface area contributed by atoms with E-state index in [2.05, 4.69) is 15.2 Å². The fraction of sp³-hybridized carbons (Fsp3) is 0.571. The van der Waals surface area contributed by atoms with Crippen molar-refractivity contribution < 1.29 is 14.3 Å². The molecule has 0 atom stereocenters. The van der Waals surface area contributed by atoms with Crippen LogP contribution in [0.15, 0.2) is 18.3 Å². The lowest BCUT2D eigenvalue weighted by Gasteiger charge is -2.37. The van der Waals surface area contributed by atoms with E-state index in [1.54, 1.807) is 18.3 Å². The van der Waals surface area contributed by atoms with Crippen molar-refractivity contribution in [3.8, 4) is 0 Å². The summed E-state index contributed by atoms with van der Waals surface area (Å²) in [4.78, 5) is 18.1. The molecule has 0 aliphatic carbocycles. The second-order valence-corrected chi connectivity index (χ2v) is 5.63. The molecule has 114 valence electrons. The van der Waals surface area contributed by atoms with Crippen LogP contribution in [-0.2, 0) is 14.3 Å². The minimum atomic E-state index is -0.403. The van der Waals surface area contributed by atoms with Gasteiger partial charge in [0.05, 0.1) is 25.4 Å². The third kappa shape index (κ3) is 3.52. The number of rotatable bonds is 3. The Morgan fingerprint density at radius 3 is 2.76 bits per heavy atom. The van der Waals surface area contributed by atoms with Crippen molar-refractivity contribution in [2.24, 2.45) is 0 Å². The number of ether oxygens (including phenoxy) is 2. The lowest BCUT2D eigenvalue weighted by molar-refractivity contribution is -0.185. The standard InChI is InChI=1S/C14H18ClN3O3/c15-13-11(2-1-5-16-13)17-12(19)10-18-6-3-14(4-7-18)20-8-9-21-14/h1-2,5H,3-4,6-10H2,(H,17,19). The summed E-state index contributed by atoms with van der Waals surface area (Å²) < 4.78 is 11.3. The summed E-state index contributed by atoms with van der Waals surface area (Å²) in [6, 6.07) is 3.47. The predicted molar refractivity (Wildman–Crippen MR) is 78.2 cm³/mol. The lowest BCUT2D eigenvalue weighted by Crippen LogP contribution is -2.47. The number of nitrogens with one attached hydrogen (secondary N) is 1. The molecule has 1 spiro atoms. The first-order chi connectivity index (χ1) is 10.2. The van der Waals surface area contributed by atoms with Gasteiger partial charge in [-0.1, -0.05) is 11.6 Å². The first kappa shape index (κ1) is 14.7. The van der Waals surface area contributed by atoms with E-state index < -0.39 is 5.79 Å². The molecule has 1 aromatic rings. The Bertz CT molecular complexity index is 510. The Labute approximate surface area is 128 Å². The van der Waals surface area contributed by atoms with Crippen LogP contribution in [0.2, 0.25) is 5.15 Å². The van der Waals surface area contributed by atoms with Crippen molar-refractivity contribution in [2.75, 3.05) is 38.2 Å². The van der Waals surface area contributed by atoms with E-state index in [4.69, 9.17) is 21.1 Å². The average molecular weight is 312 g/mol. The number of hydrogen-bond acceptors (Lipinski definition) is 5. The maximum atomic E-state index is 12.0. The van der Waals surface area contributed by atoms with Crippen molar-refractivity contribution in [1.82, 2.24) is 9.88 Å². The van der Waals surface area contributed by atoms with E-state index in [1.807, 2.05) is 0 Å². The monoisotopic (exact) mass is 311 g/mol. The molecule has 0 bridgehead atoms. The molecule has 0 radical (unpaired) electrons. The summed E-state index contributed by atoms with van der Waals surface area (Å²) in [6.07, 6.45) is 3.19. The normalized spacial score (nSPS) is 21.6. The van der Waals surface area contributed by atoms with Crippen molar-refractivity contribution >= 4 is 23.2 Å². The largest absolute Gasteiger partial charge is 0.347 e. The summed E-state index contributed by atoms with van der Waals surface area (Å²) in [6.45, 7) is 3.24. The maximum absolute atomic E-state index is 12.0. The molecule has 0 saturated carbocycles. The molecule has 0 unspecified atom stereocenters. The summed E-state index contributed by atoms with van der Waals surface area (Å²) in [5.41, 5.74) is 0.542. The number of aromatic nitrogens is 1. The van der Waals surface area contributed by atoms with E-state index >= 15 is 0 Å². The second kappa shape index (κ2) is 6.27. The highest BCUT2D eigenvalue weighted by atomic mass is 35.5. The highest BCUT2D eigenvalue weighted by molar-refractivity contribution is 6.32. The van der Waals surface area contributed by atoms with Crippen molar-refractivity contribution in [2.45, 2.75) is 18.6 Å². The summed E-state index contributed by atoms with van der Waals surface area (Å²) in [5.74, 6) is -0.492. The molecule has 2 fully saturated rings. The first-order valence-corrected chi connectivity index (χ1v) is 7.45. The van der Waals surface area contributed by atoms with Crippen LogP contribution in [0.3, 0.4) is 0 Å². The zero-order chi connectivity index (χ0) is 14.7. The van der Waals surface area contributed by atoms with Gasteiger partial charge in [0.1, 0.15) is 0 Å².